The lowest BCUT2D eigenvalue weighted by Crippen LogP contribution is -2.39. The van der Waals surface area contributed by atoms with Gasteiger partial charge in [-0.1, -0.05) is 6.07 Å². The highest BCUT2D eigenvalue weighted by molar-refractivity contribution is 7.91. The van der Waals surface area contributed by atoms with E-state index in [9.17, 15) is 13.2 Å². The van der Waals surface area contributed by atoms with Crippen LogP contribution in [-0.4, -0.2) is 33.2 Å². The Kier molecular flexibility index (Phi) is 5.25. The zero-order chi connectivity index (χ0) is 14.5. The van der Waals surface area contributed by atoms with Crippen LogP contribution in [0.15, 0.2) is 29.2 Å². The lowest BCUT2D eigenvalue weighted by molar-refractivity contribution is 0.0600. The number of sulfonamides is 1. The van der Waals surface area contributed by atoms with Gasteiger partial charge in [-0.15, -0.1) is 0 Å². The van der Waals surface area contributed by atoms with Crippen molar-refractivity contribution in [2.45, 2.75) is 11.8 Å². The highest BCUT2D eigenvalue weighted by atomic mass is 32.2. The minimum atomic E-state index is -3.81. The predicted molar refractivity (Wildman–Crippen MR) is 74.4 cm³/mol. The van der Waals surface area contributed by atoms with E-state index in [4.69, 9.17) is 12.2 Å². The minimum absolute atomic E-state index is 0.00553. The van der Waals surface area contributed by atoms with Gasteiger partial charge in [0.1, 0.15) is 0 Å². The van der Waals surface area contributed by atoms with Crippen molar-refractivity contribution in [3.63, 3.8) is 0 Å². The van der Waals surface area contributed by atoms with Gasteiger partial charge in [-0.3, -0.25) is 4.72 Å². The van der Waals surface area contributed by atoms with Gasteiger partial charge in [0.15, 0.2) is 5.11 Å². The first-order valence-corrected chi connectivity index (χ1v) is 7.29. The van der Waals surface area contributed by atoms with E-state index in [0.717, 1.165) is 0 Å². The van der Waals surface area contributed by atoms with Gasteiger partial charge in [0.05, 0.1) is 17.6 Å². The Morgan fingerprint density at radius 2 is 2.11 bits per heavy atom. The van der Waals surface area contributed by atoms with Crippen LogP contribution in [0, 0.1) is 0 Å². The van der Waals surface area contributed by atoms with Crippen molar-refractivity contribution >= 4 is 33.3 Å². The summed E-state index contributed by atoms with van der Waals surface area (Å²) >= 11 is 4.82. The van der Waals surface area contributed by atoms with Crippen molar-refractivity contribution in [3.05, 3.63) is 29.8 Å². The molecule has 0 bridgehead atoms. The van der Waals surface area contributed by atoms with Gasteiger partial charge < -0.3 is 10.1 Å². The number of carbonyl (C=O) groups excluding carboxylic acids is 1. The lowest BCUT2D eigenvalue weighted by atomic mass is 10.2. The van der Waals surface area contributed by atoms with E-state index >= 15 is 0 Å². The van der Waals surface area contributed by atoms with Crippen LogP contribution in [0.2, 0.25) is 0 Å². The number of esters is 1. The monoisotopic (exact) mass is 302 g/mol. The molecule has 0 unspecified atom stereocenters. The van der Waals surface area contributed by atoms with Crippen LogP contribution < -0.4 is 10.0 Å². The van der Waals surface area contributed by atoms with E-state index in [1.54, 1.807) is 6.92 Å². The first-order chi connectivity index (χ1) is 8.90. The van der Waals surface area contributed by atoms with Crippen LogP contribution in [0.3, 0.4) is 0 Å². The molecule has 0 aliphatic rings. The molecule has 2 N–H and O–H groups in total. The van der Waals surface area contributed by atoms with Crippen LogP contribution in [0.25, 0.3) is 0 Å². The third-order valence-electron chi connectivity index (χ3n) is 2.13. The highest BCUT2D eigenvalue weighted by Crippen LogP contribution is 2.12. The average Bonchev–Trinajstić information content (AvgIpc) is 2.37. The zero-order valence-electron chi connectivity index (χ0n) is 10.5. The summed E-state index contributed by atoms with van der Waals surface area (Å²) in [5.74, 6) is -0.605. The van der Waals surface area contributed by atoms with E-state index in [0.29, 0.717) is 6.54 Å². The van der Waals surface area contributed by atoms with Gasteiger partial charge in [-0.25, -0.2) is 13.2 Å². The Hall–Kier alpha value is -1.67. The molecule has 0 aliphatic carbocycles. The van der Waals surface area contributed by atoms with Crippen LogP contribution in [0.4, 0.5) is 0 Å². The van der Waals surface area contributed by atoms with Crippen molar-refractivity contribution in [3.8, 4) is 0 Å². The maximum Gasteiger partial charge on any atom is 0.337 e. The smallest absolute Gasteiger partial charge is 0.337 e. The summed E-state index contributed by atoms with van der Waals surface area (Å²) in [7, 11) is -2.58. The number of methoxy groups -OCH3 is 1. The normalized spacial score (nSPS) is 10.6. The lowest BCUT2D eigenvalue weighted by Gasteiger charge is -2.10. The fourth-order valence-electron chi connectivity index (χ4n) is 1.29. The zero-order valence-corrected chi connectivity index (χ0v) is 12.1. The maximum atomic E-state index is 12.0. The Balaban J connectivity index is 3.02. The molecule has 0 aromatic heterocycles. The van der Waals surface area contributed by atoms with Gasteiger partial charge in [0.2, 0.25) is 0 Å². The quantitative estimate of drug-likeness (QED) is 0.627. The maximum absolute atomic E-state index is 12.0. The van der Waals surface area contributed by atoms with E-state index in [2.05, 4.69) is 14.8 Å². The Morgan fingerprint density at radius 3 is 2.68 bits per heavy atom. The molecule has 1 aromatic rings. The number of benzene rings is 1. The number of rotatable bonds is 4. The largest absolute Gasteiger partial charge is 0.465 e. The fraction of sp³-hybridized carbons (Fsp3) is 0.273. The van der Waals surface area contributed by atoms with Crippen LogP contribution in [-0.2, 0) is 14.8 Å². The number of thiocarbonyl (C=S) groups is 1. The third-order valence-corrected chi connectivity index (χ3v) is 3.85. The first kappa shape index (κ1) is 15.4. The number of hydrogen-bond donors (Lipinski definition) is 2. The molecule has 1 aromatic carbocycles. The van der Waals surface area contributed by atoms with E-state index in [-0.39, 0.29) is 15.6 Å². The van der Waals surface area contributed by atoms with Gasteiger partial charge in [0, 0.05) is 6.54 Å². The summed E-state index contributed by atoms with van der Waals surface area (Å²) in [4.78, 5) is 11.3. The molecule has 0 atom stereocenters. The van der Waals surface area contributed by atoms with Crippen molar-refractivity contribution in [1.29, 1.82) is 0 Å². The number of carbonyl (C=O) groups is 1. The SMILES string of the molecule is CCNC(=S)NS(=O)(=O)c1cccc(C(=O)OC)c1. The molecule has 6 nitrogen and oxygen atoms in total. The van der Waals surface area contributed by atoms with Crippen molar-refractivity contribution < 1.29 is 17.9 Å². The van der Waals surface area contributed by atoms with Crippen LogP contribution >= 0.6 is 12.2 Å². The fourth-order valence-corrected chi connectivity index (χ4v) is 2.73. The molecule has 8 heteroatoms. The van der Waals surface area contributed by atoms with Crippen molar-refractivity contribution in [2.75, 3.05) is 13.7 Å². The molecule has 0 radical (unpaired) electrons. The third kappa shape index (κ3) is 4.18. The Morgan fingerprint density at radius 1 is 1.42 bits per heavy atom. The van der Waals surface area contributed by atoms with E-state index in [1.807, 2.05) is 0 Å². The summed E-state index contributed by atoms with van der Waals surface area (Å²) in [6.45, 7) is 2.29. The number of hydrogen-bond acceptors (Lipinski definition) is 5. The second-order valence-electron chi connectivity index (χ2n) is 3.48. The van der Waals surface area contributed by atoms with Crippen LogP contribution in [0.5, 0.6) is 0 Å². The van der Waals surface area contributed by atoms with Crippen molar-refractivity contribution in [1.82, 2.24) is 10.0 Å². The minimum Gasteiger partial charge on any atom is -0.465 e. The predicted octanol–water partition coefficient (Wildman–Crippen LogP) is 0.646. The second-order valence-corrected chi connectivity index (χ2v) is 5.58. The molecule has 0 saturated carbocycles. The molecule has 19 heavy (non-hydrogen) atoms. The standard InChI is InChI=1S/C11H14N2O4S2/c1-3-12-11(18)13-19(15,16)9-6-4-5-8(7-9)10(14)17-2/h4-7H,3H2,1-2H3,(H2,12,13,18). The molecule has 104 valence electrons. The summed E-state index contributed by atoms with van der Waals surface area (Å²) in [5.41, 5.74) is 0.153. The van der Waals surface area contributed by atoms with Gasteiger partial charge >= 0.3 is 5.97 Å². The summed E-state index contributed by atoms with van der Waals surface area (Å²) in [5, 5.41) is 2.68. The molecule has 0 aliphatic heterocycles. The topological polar surface area (TPSA) is 84.5 Å². The van der Waals surface area contributed by atoms with Crippen LogP contribution in [0.1, 0.15) is 17.3 Å². The number of ether oxygens (including phenoxy) is 1. The molecule has 0 amide bonds. The molecule has 0 spiro atoms. The van der Waals surface area contributed by atoms with Gasteiger partial charge in [-0.05, 0) is 37.3 Å². The Labute approximate surface area is 117 Å². The van der Waals surface area contributed by atoms with Gasteiger partial charge in [-0.2, -0.15) is 0 Å². The Bertz CT molecular complexity index is 584. The van der Waals surface area contributed by atoms with E-state index in [1.165, 1.54) is 31.4 Å². The molecular weight excluding hydrogens is 288 g/mol. The molecule has 0 fully saturated rings. The molecule has 1 rings (SSSR count). The van der Waals surface area contributed by atoms with E-state index < -0.39 is 16.0 Å². The summed E-state index contributed by atoms with van der Waals surface area (Å²) in [6.07, 6.45) is 0. The molecular formula is C11H14N2O4S2. The first-order valence-electron chi connectivity index (χ1n) is 5.39. The average molecular weight is 302 g/mol. The number of nitrogens with one attached hydrogen (secondary N) is 2. The molecule has 0 heterocycles. The second kappa shape index (κ2) is 6.48. The van der Waals surface area contributed by atoms with Gasteiger partial charge in [0.25, 0.3) is 10.0 Å². The summed E-state index contributed by atoms with van der Waals surface area (Å²) < 4.78 is 30.7. The molecule has 0 saturated heterocycles. The summed E-state index contributed by atoms with van der Waals surface area (Å²) in [6, 6.07) is 5.51. The van der Waals surface area contributed by atoms with Crippen molar-refractivity contribution in [2.24, 2.45) is 0 Å². The highest BCUT2D eigenvalue weighted by Gasteiger charge is 2.17.